The lowest BCUT2D eigenvalue weighted by Crippen LogP contribution is -2.15. The van der Waals surface area contributed by atoms with Crippen LogP contribution in [-0.4, -0.2) is 26.2 Å². The Morgan fingerprint density at radius 3 is 2.58 bits per heavy atom. The number of benzene rings is 1. The van der Waals surface area contributed by atoms with Gasteiger partial charge in [-0.2, -0.15) is 5.10 Å². The van der Waals surface area contributed by atoms with Crippen LogP contribution in [0.5, 0.6) is 5.75 Å². The number of amides is 1. The quantitative estimate of drug-likeness (QED) is 0.645. The van der Waals surface area contributed by atoms with Crippen molar-refractivity contribution in [1.29, 1.82) is 0 Å². The first-order valence-corrected chi connectivity index (χ1v) is 7.66. The minimum Gasteiger partial charge on any atom is -0.508 e. The average Bonchev–Trinajstić information content (AvgIpc) is 2.98. The van der Waals surface area contributed by atoms with Gasteiger partial charge in [-0.1, -0.05) is 18.2 Å². The summed E-state index contributed by atoms with van der Waals surface area (Å²) in [6.07, 6.45) is 5.28. The molecule has 6 heteroatoms. The predicted molar refractivity (Wildman–Crippen MR) is 89.7 cm³/mol. The van der Waals surface area contributed by atoms with Gasteiger partial charge in [-0.25, -0.2) is 0 Å². The van der Waals surface area contributed by atoms with Crippen LogP contribution >= 0.6 is 0 Å². The van der Waals surface area contributed by atoms with Crippen LogP contribution in [0.3, 0.4) is 0 Å². The van der Waals surface area contributed by atoms with E-state index < -0.39 is 5.91 Å². The molecule has 0 unspecified atom stereocenters. The molecule has 0 aliphatic carbocycles. The van der Waals surface area contributed by atoms with Gasteiger partial charge in [-0.15, -0.1) is 0 Å². The standard InChI is InChI=1S/C18H18N4O2/c19-18(24)17-15(8-5-12-3-6-14(23)7-4-12)21-22-16(17)10-13-2-1-9-20-11-13/h1-4,6-7,9,11,23H,5,8,10H2,(H2,19,24)(H,21,22). The van der Waals surface area contributed by atoms with Crippen LogP contribution in [0.4, 0.5) is 0 Å². The second-order valence-corrected chi connectivity index (χ2v) is 5.59. The number of hydrogen-bond acceptors (Lipinski definition) is 4. The third-order valence-electron chi connectivity index (χ3n) is 3.85. The lowest BCUT2D eigenvalue weighted by atomic mass is 10.0. The summed E-state index contributed by atoms with van der Waals surface area (Å²) in [5, 5.41) is 16.5. The monoisotopic (exact) mass is 322 g/mol. The molecule has 0 fully saturated rings. The van der Waals surface area contributed by atoms with Crippen molar-refractivity contribution in [2.45, 2.75) is 19.3 Å². The highest BCUT2D eigenvalue weighted by atomic mass is 16.3. The number of phenolic OH excluding ortho intramolecular Hbond substituents is 1. The number of aromatic hydroxyl groups is 1. The van der Waals surface area contributed by atoms with E-state index in [-0.39, 0.29) is 5.75 Å². The number of aromatic amines is 1. The van der Waals surface area contributed by atoms with E-state index in [1.54, 1.807) is 24.5 Å². The molecule has 0 saturated heterocycles. The molecule has 0 spiro atoms. The largest absolute Gasteiger partial charge is 0.508 e. The number of rotatable bonds is 6. The maximum Gasteiger partial charge on any atom is 0.252 e. The highest BCUT2D eigenvalue weighted by Crippen LogP contribution is 2.18. The van der Waals surface area contributed by atoms with Crippen LogP contribution in [0.2, 0.25) is 0 Å². The van der Waals surface area contributed by atoms with Crippen LogP contribution in [-0.2, 0) is 19.3 Å². The number of aromatic nitrogens is 3. The third-order valence-corrected chi connectivity index (χ3v) is 3.85. The van der Waals surface area contributed by atoms with E-state index in [1.807, 2.05) is 24.3 Å². The number of nitrogens with zero attached hydrogens (tertiary/aromatic N) is 2. The Kier molecular flexibility index (Phi) is 4.56. The van der Waals surface area contributed by atoms with Crippen LogP contribution in [0.15, 0.2) is 48.8 Å². The molecule has 0 bridgehead atoms. The fraction of sp³-hybridized carbons (Fsp3) is 0.167. The number of hydrogen-bond donors (Lipinski definition) is 3. The van der Waals surface area contributed by atoms with Gasteiger partial charge in [0.25, 0.3) is 5.91 Å². The van der Waals surface area contributed by atoms with Gasteiger partial charge in [-0.3, -0.25) is 14.9 Å². The van der Waals surface area contributed by atoms with Crippen molar-refractivity contribution in [2.75, 3.05) is 0 Å². The average molecular weight is 322 g/mol. The first-order chi connectivity index (χ1) is 11.6. The fourth-order valence-corrected chi connectivity index (χ4v) is 2.65. The molecule has 3 rings (SSSR count). The summed E-state index contributed by atoms with van der Waals surface area (Å²) in [7, 11) is 0. The molecule has 2 aromatic heterocycles. The normalized spacial score (nSPS) is 10.7. The maximum atomic E-state index is 11.9. The number of carbonyl (C=O) groups is 1. The number of pyridine rings is 1. The van der Waals surface area contributed by atoms with E-state index in [2.05, 4.69) is 15.2 Å². The van der Waals surface area contributed by atoms with E-state index in [9.17, 15) is 9.90 Å². The number of aryl methyl sites for hydroxylation is 2. The molecule has 0 aliphatic rings. The van der Waals surface area contributed by atoms with Crippen LogP contribution in [0.1, 0.15) is 32.9 Å². The Labute approximate surface area is 139 Å². The smallest absolute Gasteiger partial charge is 0.252 e. The third kappa shape index (κ3) is 3.60. The van der Waals surface area contributed by atoms with Gasteiger partial charge in [0.15, 0.2) is 0 Å². The molecule has 1 amide bonds. The molecule has 4 N–H and O–H groups in total. The minimum atomic E-state index is -0.483. The van der Waals surface area contributed by atoms with Gasteiger partial charge in [0.05, 0.1) is 17.0 Å². The minimum absolute atomic E-state index is 0.232. The Balaban J connectivity index is 1.78. The van der Waals surface area contributed by atoms with Gasteiger partial charge in [0.1, 0.15) is 5.75 Å². The summed E-state index contributed by atoms with van der Waals surface area (Å²) in [5.41, 5.74) is 9.41. The van der Waals surface area contributed by atoms with Crippen LogP contribution < -0.4 is 5.73 Å². The van der Waals surface area contributed by atoms with Gasteiger partial charge in [-0.05, 0) is 42.2 Å². The number of H-pyrrole nitrogens is 1. The molecule has 0 saturated carbocycles. The molecule has 0 atom stereocenters. The van der Waals surface area contributed by atoms with Crippen molar-refractivity contribution in [3.63, 3.8) is 0 Å². The molecule has 0 aliphatic heterocycles. The van der Waals surface area contributed by atoms with E-state index in [0.717, 1.165) is 11.1 Å². The second kappa shape index (κ2) is 6.95. The lowest BCUT2D eigenvalue weighted by Gasteiger charge is -2.03. The van der Waals surface area contributed by atoms with Gasteiger partial charge < -0.3 is 10.8 Å². The molecule has 24 heavy (non-hydrogen) atoms. The summed E-state index contributed by atoms with van der Waals surface area (Å²) in [4.78, 5) is 15.9. The highest BCUT2D eigenvalue weighted by molar-refractivity contribution is 5.95. The molecule has 122 valence electrons. The Morgan fingerprint density at radius 2 is 1.92 bits per heavy atom. The predicted octanol–water partition coefficient (Wildman–Crippen LogP) is 1.99. The first kappa shape index (κ1) is 15.7. The molecular weight excluding hydrogens is 304 g/mol. The number of primary amides is 1. The molecule has 2 heterocycles. The Hall–Kier alpha value is -3.15. The van der Waals surface area contributed by atoms with E-state index in [4.69, 9.17) is 5.73 Å². The second-order valence-electron chi connectivity index (χ2n) is 5.59. The van der Waals surface area contributed by atoms with Crippen molar-refractivity contribution in [2.24, 2.45) is 5.73 Å². The SMILES string of the molecule is NC(=O)c1c(CCc2ccc(O)cc2)n[nH]c1Cc1cccnc1. The molecule has 6 nitrogen and oxygen atoms in total. The van der Waals surface area contributed by atoms with Crippen LogP contribution in [0, 0.1) is 0 Å². The number of nitrogens with one attached hydrogen (secondary N) is 1. The number of nitrogens with two attached hydrogens (primary N) is 1. The zero-order valence-electron chi connectivity index (χ0n) is 13.1. The van der Waals surface area contributed by atoms with Crippen molar-refractivity contribution < 1.29 is 9.90 Å². The molecule has 3 aromatic rings. The topological polar surface area (TPSA) is 105 Å². The highest BCUT2D eigenvalue weighted by Gasteiger charge is 2.18. The van der Waals surface area contributed by atoms with E-state index >= 15 is 0 Å². The molecule has 1 aromatic carbocycles. The first-order valence-electron chi connectivity index (χ1n) is 7.66. The Bertz CT molecular complexity index is 826. The molecular formula is C18H18N4O2. The summed E-state index contributed by atoms with van der Waals surface area (Å²) >= 11 is 0. The fourth-order valence-electron chi connectivity index (χ4n) is 2.65. The van der Waals surface area contributed by atoms with E-state index in [1.165, 1.54) is 0 Å². The van der Waals surface area contributed by atoms with Gasteiger partial charge >= 0.3 is 0 Å². The summed E-state index contributed by atoms with van der Waals surface area (Å²) in [5.74, 6) is -0.251. The lowest BCUT2D eigenvalue weighted by molar-refractivity contribution is 0.0998. The van der Waals surface area contributed by atoms with Crippen LogP contribution in [0.25, 0.3) is 0 Å². The number of phenols is 1. The Morgan fingerprint density at radius 1 is 1.12 bits per heavy atom. The number of carbonyl (C=O) groups excluding carboxylic acids is 1. The zero-order chi connectivity index (χ0) is 16.9. The van der Waals surface area contributed by atoms with Crippen molar-refractivity contribution in [3.05, 3.63) is 76.9 Å². The molecule has 0 radical (unpaired) electrons. The van der Waals surface area contributed by atoms with Crippen molar-refractivity contribution >= 4 is 5.91 Å². The van der Waals surface area contributed by atoms with E-state index in [0.29, 0.717) is 36.2 Å². The zero-order valence-corrected chi connectivity index (χ0v) is 13.1. The summed E-state index contributed by atoms with van der Waals surface area (Å²) in [6.45, 7) is 0. The van der Waals surface area contributed by atoms with Gasteiger partial charge in [0, 0.05) is 18.8 Å². The van der Waals surface area contributed by atoms with Crippen molar-refractivity contribution in [3.8, 4) is 5.75 Å². The summed E-state index contributed by atoms with van der Waals surface area (Å²) < 4.78 is 0. The van der Waals surface area contributed by atoms with Crippen molar-refractivity contribution in [1.82, 2.24) is 15.2 Å². The summed E-state index contributed by atoms with van der Waals surface area (Å²) in [6, 6.07) is 10.8. The van der Waals surface area contributed by atoms with Gasteiger partial charge in [0.2, 0.25) is 0 Å². The maximum absolute atomic E-state index is 11.9.